The van der Waals surface area contributed by atoms with Gasteiger partial charge in [-0.3, -0.25) is 14.4 Å². The number of likely N-dealkylation sites (tertiary alicyclic amines) is 1. The van der Waals surface area contributed by atoms with Gasteiger partial charge in [0.05, 0.1) is 12.0 Å². The molecule has 2 N–H and O–H groups in total. The molecule has 7 nitrogen and oxygen atoms in total. The fourth-order valence-electron chi connectivity index (χ4n) is 3.13. The predicted molar refractivity (Wildman–Crippen MR) is 101 cm³/mol. The van der Waals surface area contributed by atoms with Crippen molar-refractivity contribution in [3.63, 3.8) is 0 Å². The number of amides is 2. The Kier molecular flexibility index (Phi) is 6.46. The number of nitrogens with zero attached hydrogens (tertiary/aromatic N) is 1. The SMILES string of the molecule is CCOc1ccc(C(=O)NC(C(=O)N2CCC(C)(C(=O)O)C2)C(C)C)cc1. The van der Waals surface area contributed by atoms with Gasteiger partial charge in [-0.15, -0.1) is 0 Å². The van der Waals surface area contributed by atoms with Crippen LogP contribution in [-0.2, 0) is 9.59 Å². The first kappa shape index (κ1) is 20.7. The Morgan fingerprint density at radius 1 is 1.26 bits per heavy atom. The molecule has 2 atom stereocenters. The first-order valence-electron chi connectivity index (χ1n) is 9.24. The van der Waals surface area contributed by atoms with Crippen LogP contribution in [0.3, 0.4) is 0 Å². The van der Waals surface area contributed by atoms with Crippen molar-refractivity contribution in [3.8, 4) is 5.75 Å². The molecule has 2 amide bonds. The summed E-state index contributed by atoms with van der Waals surface area (Å²) in [7, 11) is 0. The minimum atomic E-state index is -0.934. The Labute approximate surface area is 159 Å². The topological polar surface area (TPSA) is 95.9 Å². The molecule has 0 bridgehead atoms. The number of carbonyl (C=O) groups excluding carboxylic acids is 2. The molecule has 1 aromatic rings. The molecule has 1 heterocycles. The van der Waals surface area contributed by atoms with Crippen molar-refractivity contribution in [3.05, 3.63) is 29.8 Å². The van der Waals surface area contributed by atoms with Gasteiger partial charge in [0.2, 0.25) is 5.91 Å². The van der Waals surface area contributed by atoms with Crippen LogP contribution in [-0.4, -0.2) is 53.5 Å². The third-order valence-corrected chi connectivity index (χ3v) is 4.95. The van der Waals surface area contributed by atoms with Crippen LogP contribution in [0.5, 0.6) is 5.75 Å². The molecule has 2 unspecified atom stereocenters. The summed E-state index contributed by atoms with van der Waals surface area (Å²) in [6.07, 6.45) is 0.408. The van der Waals surface area contributed by atoms with Crippen molar-refractivity contribution >= 4 is 17.8 Å². The van der Waals surface area contributed by atoms with Crippen molar-refractivity contribution in [2.45, 2.75) is 40.2 Å². The zero-order valence-corrected chi connectivity index (χ0v) is 16.3. The minimum absolute atomic E-state index is 0.124. The molecule has 1 aromatic carbocycles. The fraction of sp³-hybridized carbons (Fsp3) is 0.550. The molecule has 27 heavy (non-hydrogen) atoms. The first-order valence-corrected chi connectivity index (χ1v) is 9.24. The molecule has 148 valence electrons. The summed E-state index contributed by atoms with van der Waals surface area (Å²) in [5, 5.41) is 12.2. The third kappa shape index (κ3) is 4.78. The van der Waals surface area contributed by atoms with Crippen molar-refractivity contribution in [2.75, 3.05) is 19.7 Å². The van der Waals surface area contributed by atoms with Gasteiger partial charge in [0.15, 0.2) is 0 Å². The van der Waals surface area contributed by atoms with Crippen LogP contribution >= 0.6 is 0 Å². The van der Waals surface area contributed by atoms with Crippen LogP contribution in [0.25, 0.3) is 0 Å². The number of nitrogens with one attached hydrogen (secondary N) is 1. The summed E-state index contributed by atoms with van der Waals surface area (Å²) < 4.78 is 5.36. The summed E-state index contributed by atoms with van der Waals surface area (Å²) in [4.78, 5) is 38.4. The quantitative estimate of drug-likeness (QED) is 0.760. The number of ether oxygens (including phenoxy) is 1. The number of carboxylic acids is 1. The summed E-state index contributed by atoms with van der Waals surface area (Å²) in [5.74, 6) is -0.937. The second-order valence-corrected chi connectivity index (χ2v) is 7.53. The average molecular weight is 376 g/mol. The summed E-state index contributed by atoms with van der Waals surface area (Å²) in [6.45, 7) is 8.31. The van der Waals surface area contributed by atoms with Crippen molar-refractivity contribution in [2.24, 2.45) is 11.3 Å². The van der Waals surface area contributed by atoms with Crippen molar-refractivity contribution < 1.29 is 24.2 Å². The largest absolute Gasteiger partial charge is 0.494 e. The Bertz CT molecular complexity index is 701. The number of hydrogen-bond donors (Lipinski definition) is 2. The van der Waals surface area contributed by atoms with E-state index in [4.69, 9.17) is 4.74 Å². The van der Waals surface area contributed by atoms with E-state index in [1.165, 1.54) is 4.90 Å². The Balaban J connectivity index is 2.07. The number of carboxylic acid groups (broad SMARTS) is 1. The number of rotatable bonds is 7. The molecule has 1 fully saturated rings. The van der Waals surface area contributed by atoms with E-state index >= 15 is 0 Å². The van der Waals surface area contributed by atoms with Crippen LogP contribution in [0.2, 0.25) is 0 Å². The molecule has 0 aromatic heterocycles. The zero-order valence-electron chi connectivity index (χ0n) is 16.3. The molecule has 2 rings (SSSR count). The average Bonchev–Trinajstić information content (AvgIpc) is 3.03. The number of hydrogen-bond acceptors (Lipinski definition) is 4. The standard InChI is InChI=1S/C20H28N2O5/c1-5-27-15-8-6-14(7-9-15)17(23)21-16(13(2)3)18(24)22-11-10-20(4,12-22)19(25)26/h6-9,13,16H,5,10-12H2,1-4H3,(H,21,23)(H,25,26). The van der Waals surface area contributed by atoms with E-state index in [9.17, 15) is 19.5 Å². The molecule has 0 aliphatic carbocycles. The lowest BCUT2D eigenvalue weighted by atomic mass is 9.90. The molecular formula is C20H28N2O5. The molecule has 0 spiro atoms. The number of aliphatic carboxylic acids is 1. The Morgan fingerprint density at radius 3 is 2.37 bits per heavy atom. The molecule has 1 aliphatic rings. The van der Waals surface area contributed by atoms with E-state index in [1.807, 2.05) is 20.8 Å². The molecule has 1 saturated heterocycles. The van der Waals surface area contributed by atoms with Gasteiger partial charge in [0.25, 0.3) is 5.91 Å². The second kappa shape index (κ2) is 8.41. The normalized spacial score (nSPS) is 20.4. The predicted octanol–water partition coefficient (Wildman–Crippen LogP) is 2.16. The first-order chi connectivity index (χ1) is 12.7. The monoisotopic (exact) mass is 376 g/mol. The van der Waals surface area contributed by atoms with Gasteiger partial charge < -0.3 is 20.1 Å². The third-order valence-electron chi connectivity index (χ3n) is 4.95. The molecular weight excluding hydrogens is 348 g/mol. The van der Waals surface area contributed by atoms with Gasteiger partial charge in [-0.25, -0.2) is 0 Å². The van der Waals surface area contributed by atoms with E-state index in [1.54, 1.807) is 31.2 Å². The van der Waals surface area contributed by atoms with Crippen molar-refractivity contribution in [1.29, 1.82) is 0 Å². The van der Waals surface area contributed by atoms with Crippen LogP contribution in [0.4, 0.5) is 0 Å². The highest BCUT2D eigenvalue weighted by Crippen LogP contribution is 2.31. The van der Waals surface area contributed by atoms with Crippen molar-refractivity contribution in [1.82, 2.24) is 10.2 Å². The minimum Gasteiger partial charge on any atom is -0.494 e. The summed E-state index contributed by atoms with van der Waals surface area (Å²) >= 11 is 0. The lowest BCUT2D eigenvalue weighted by molar-refractivity contribution is -0.147. The van der Waals surface area contributed by atoms with Gasteiger partial charge in [0, 0.05) is 18.7 Å². The van der Waals surface area contributed by atoms with E-state index in [0.717, 1.165) is 0 Å². The maximum Gasteiger partial charge on any atom is 0.311 e. The van der Waals surface area contributed by atoms with E-state index < -0.39 is 17.4 Å². The Hall–Kier alpha value is -2.57. The highest BCUT2D eigenvalue weighted by atomic mass is 16.5. The van der Waals surface area contributed by atoms with Gasteiger partial charge >= 0.3 is 5.97 Å². The number of benzene rings is 1. The van der Waals surface area contributed by atoms with Crippen LogP contribution in [0.15, 0.2) is 24.3 Å². The highest BCUT2D eigenvalue weighted by Gasteiger charge is 2.43. The lowest BCUT2D eigenvalue weighted by Gasteiger charge is -2.28. The number of carbonyl (C=O) groups is 3. The Morgan fingerprint density at radius 2 is 1.89 bits per heavy atom. The molecule has 1 aliphatic heterocycles. The van der Waals surface area contributed by atoms with E-state index in [-0.39, 0.29) is 24.3 Å². The van der Waals surface area contributed by atoms with Gasteiger partial charge in [-0.05, 0) is 50.5 Å². The van der Waals surface area contributed by atoms with Gasteiger partial charge in [0.1, 0.15) is 11.8 Å². The highest BCUT2D eigenvalue weighted by molar-refractivity contribution is 5.97. The fourth-order valence-corrected chi connectivity index (χ4v) is 3.13. The molecule has 0 radical (unpaired) electrons. The van der Waals surface area contributed by atoms with Crippen LogP contribution < -0.4 is 10.1 Å². The van der Waals surface area contributed by atoms with Gasteiger partial charge in [-0.1, -0.05) is 13.8 Å². The maximum absolute atomic E-state index is 12.9. The van der Waals surface area contributed by atoms with Crippen LogP contribution in [0.1, 0.15) is 44.5 Å². The summed E-state index contributed by atoms with van der Waals surface area (Å²) in [5.41, 5.74) is -0.496. The van der Waals surface area contributed by atoms with Gasteiger partial charge in [-0.2, -0.15) is 0 Å². The van der Waals surface area contributed by atoms with Crippen LogP contribution in [0, 0.1) is 11.3 Å². The summed E-state index contributed by atoms with van der Waals surface area (Å²) in [6, 6.07) is 6.02. The molecule has 0 saturated carbocycles. The van der Waals surface area contributed by atoms with E-state index in [0.29, 0.717) is 30.9 Å². The smallest absolute Gasteiger partial charge is 0.311 e. The van der Waals surface area contributed by atoms with E-state index in [2.05, 4.69) is 5.32 Å². The molecule has 7 heteroatoms. The second-order valence-electron chi connectivity index (χ2n) is 7.53. The maximum atomic E-state index is 12.9. The lowest BCUT2D eigenvalue weighted by Crippen LogP contribution is -2.51. The zero-order chi connectivity index (χ0) is 20.2.